The van der Waals surface area contributed by atoms with Crippen molar-refractivity contribution in [3.8, 4) is 5.69 Å². The van der Waals surface area contributed by atoms with E-state index in [-0.39, 0.29) is 5.91 Å². The molecule has 4 rings (SSSR count). The van der Waals surface area contributed by atoms with Gasteiger partial charge in [-0.2, -0.15) is 0 Å². The Kier molecular flexibility index (Phi) is 5.20. The standard InChI is InChI=1S/C22H27N3O3/c26-20(27)15-17-5-7-22(8-6-17)9-12-24(13-10-22)21(28)18-1-3-19(4-2-18)25-14-11-23-16-25/h1-4,11,14,16-17H,5-10,12-13,15H2,(H,26,27). The number of aromatic nitrogens is 2. The molecule has 0 radical (unpaired) electrons. The van der Waals surface area contributed by atoms with Crippen molar-refractivity contribution < 1.29 is 14.7 Å². The van der Waals surface area contributed by atoms with Crippen LogP contribution < -0.4 is 0 Å². The van der Waals surface area contributed by atoms with Gasteiger partial charge in [-0.15, -0.1) is 0 Å². The molecule has 6 nitrogen and oxygen atoms in total. The van der Waals surface area contributed by atoms with Gasteiger partial charge in [0, 0.05) is 43.2 Å². The van der Waals surface area contributed by atoms with Crippen LogP contribution in [0.25, 0.3) is 5.69 Å². The number of imidazole rings is 1. The molecule has 1 aliphatic carbocycles. The zero-order valence-electron chi connectivity index (χ0n) is 16.1. The fourth-order valence-electron chi connectivity index (χ4n) is 4.80. The van der Waals surface area contributed by atoms with Crippen LogP contribution in [0.5, 0.6) is 0 Å². The summed E-state index contributed by atoms with van der Waals surface area (Å²) in [6, 6.07) is 7.67. The normalized spacial score (nSPS) is 19.6. The van der Waals surface area contributed by atoms with Gasteiger partial charge < -0.3 is 14.6 Å². The van der Waals surface area contributed by atoms with Gasteiger partial charge in [-0.25, -0.2) is 4.98 Å². The van der Waals surface area contributed by atoms with Crippen LogP contribution in [-0.4, -0.2) is 44.5 Å². The highest BCUT2D eigenvalue weighted by Crippen LogP contribution is 2.47. The van der Waals surface area contributed by atoms with E-state index in [0.717, 1.165) is 62.9 Å². The maximum absolute atomic E-state index is 12.9. The number of carboxylic acid groups (broad SMARTS) is 1. The van der Waals surface area contributed by atoms with E-state index in [9.17, 15) is 9.59 Å². The molecule has 1 saturated carbocycles. The van der Waals surface area contributed by atoms with Gasteiger partial charge in [0.15, 0.2) is 0 Å². The SMILES string of the molecule is O=C(O)CC1CCC2(CC1)CCN(C(=O)c1ccc(-n3ccnc3)cc1)CC2. The topological polar surface area (TPSA) is 75.4 Å². The molecule has 1 aliphatic heterocycles. The molecule has 148 valence electrons. The van der Waals surface area contributed by atoms with Gasteiger partial charge in [-0.05, 0) is 74.1 Å². The van der Waals surface area contributed by atoms with Crippen LogP contribution in [0, 0.1) is 11.3 Å². The number of rotatable bonds is 4. The van der Waals surface area contributed by atoms with Crippen molar-refractivity contribution in [2.24, 2.45) is 11.3 Å². The van der Waals surface area contributed by atoms with Crippen molar-refractivity contribution in [1.29, 1.82) is 0 Å². The summed E-state index contributed by atoms with van der Waals surface area (Å²) in [6.07, 6.45) is 12.0. The van der Waals surface area contributed by atoms with E-state index >= 15 is 0 Å². The van der Waals surface area contributed by atoms with Crippen LogP contribution in [0.3, 0.4) is 0 Å². The molecular weight excluding hydrogens is 354 g/mol. The minimum Gasteiger partial charge on any atom is -0.481 e. The number of hydrogen-bond acceptors (Lipinski definition) is 3. The molecule has 1 amide bonds. The Hall–Kier alpha value is -2.63. The summed E-state index contributed by atoms with van der Waals surface area (Å²) in [7, 11) is 0. The van der Waals surface area contributed by atoms with Crippen LogP contribution >= 0.6 is 0 Å². The first-order valence-corrected chi connectivity index (χ1v) is 10.1. The first kappa shape index (κ1) is 18.7. The Morgan fingerprint density at radius 2 is 1.75 bits per heavy atom. The van der Waals surface area contributed by atoms with E-state index in [1.165, 1.54) is 0 Å². The molecule has 6 heteroatoms. The van der Waals surface area contributed by atoms with E-state index in [4.69, 9.17) is 5.11 Å². The van der Waals surface area contributed by atoms with Gasteiger partial charge in [-0.1, -0.05) is 0 Å². The summed E-state index contributed by atoms with van der Waals surface area (Å²) < 4.78 is 1.92. The zero-order chi connectivity index (χ0) is 19.6. The number of benzene rings is 1. The summed E-state index contributed by atoms with van der Waals surface area (Å²) >= 11 is 0. The fraction of sp³-hybridized carbons (Fsp3) is 0.500. The van der Waals surface area contributed by atoms with Crippen LogP contribution in [0.1, 0.15) is 55.3 Å². The first-order valence-electron chi connectivity index (χ1n) is 10.1. The number of carbonyl (C=O) groups is 2. The second-order valence-corrected chi connectivity index (χ2v) is 8.35. The van der Waals surface area contributed by atoms with Crippen molar-refractivity contribution in [3.05, 3.63) is 48.5 Å². The molecule has 0 unspecified atom stereocenters. The van der Waals surface area contributed by atoms with Crippen LogP contribution in [0.2, 0.25) is 0 Å². The van der Waals surface area contributed by atoms with Crippen molar-refractivity contribution in [1.82, 2.24) is 14.5 Å². The summed E-state index contributed by atoms with van der Waals surface area (Å²) in [5, 5.41) is 8.99. The lowest BCUT2D eigenvalue weighted by atomic mass is 9.65. The Morgan fingerprint density at radius 3 is 2.32 bits per heavy atom. The smallest absolute Gasteiger partial charge is 0.303 e. The average molecular weight is 381 g/mol. The lowest BCUT2D eigenvalue weighted by Crippen LogP contribution is -2.44. The third-order valence-corrected chi connectivity index (χ3v) is 6.66. The second-order valence-electron chi connectivity index (χ2n) is 8.35. The van der Waals surface area contributed by atoms with Gasteiger partial charge in [0.2, 0.25) is 0 Å². The van der Waals surface area contributed by atoms with Gasteiger partial charge in [-0.3, -0.25) is 9.59 Å². The minimum absolute atomic E-state index is 0.103. The molecule has 0 bridgehead atoms. The molecule has 1 spiro atoms. The van der Waals surface area contributed by atoms with E-state index in [2.05, 4.69) is 4.98 Å². The van der Waals surface area contributed by atoms with Gasteiger partial charge >= 0.3 is 5.97 Å². The summed E-state index contributed by atoms with van der Waals surface area (Å²) in [5.41, 5.74) is 2.03. The number of hydrogen-bond donors (Lipinski definition) is 1. The predicted molar refractivity (Wildman–Crippen MR) is 105 cm³/mol. The zero-order valence-corrected chi connectivity index (χ0v) is 16.1. The lowest BCUT2D eigenvalue weighted by Gasteiger charge is -2.46. The predicted octanol–water partition coefficient (Wildman–Crippen LogP) is 3.76. The monoisotopic (exact) mass is 381 g/mol. The summed E-state index contributed by atoms with van der Waals surface area (Å²) in [5.74, 6) is -0.246. The number of carboxylic acids is 1. The first-order chi connectivity index (χ1) is 13.5. The van der Waals surface area contributed by atoms with E-state index in [0.29, 0.717) is 17.8 Å². The number of amides is 1. The molecule has 2 heterocycles. The van der Waals surface area contributed by atoms with Crippen molar-refractivity contribution in [2.75, 3.05) is 13.1 Å². The number of aliphatic carboxylic acids is 1. The number of piperidine rings is 1. The van der Waals surface area contributed by atoms with E-state index in [1.54, 1.807) is 12.5 Å². The molecule has 1 saturated heterocycles. The molecule has 28 heavy (non-hydrogen) atoms. The Balaban J connectivity index is 1.32. The Labute approximate surface area is 165 Å². The lowest BCUT2D eigenvalue weighted by molar-refractivity contribution is -0.138. The highest BCUT2D eigenvalue weighted by atomic mass is 16.4. The molecule has 1 aromatic heterocycles. The largest absolute Gasteiger partial charge is 0.481 e. The third-order valence-electron chi connectivity index (χ3n) is 6.66. The molecular formula is C22H27N3O3. The average Bonchev–Trinajstić information content (AvgIpc) is 3.25. The van der Waals surface area contributed by atoms with Gasteiger partial charge in [0.25, 0.3) is 5.91 Å². The van der Waals surface area contributed by atoms with Crippen molar-refractivity contribution in [2.45, 2.75) is 44.9 Å². The van der Waals surface area contributed by atoms with Crippen molar-refractivity contribution in [3.63, 3.8) is 0 Å². The maximum Gasteiger partial charge on any atom is 0.303 e. The Bertz CT molecular complexity index is 811. The van der Waals surface area contributed by atoms with Crippen molar-refractivity contribution >= 4 is 11.9 Å². The van der Waals surface area contributed by atoms with Crippen LogP contribution in [0.15, 0.2) is 43.0 Å². The molecule has 2 aliphatic rings. The fourth-order valence-corrected chi connectivity index (χ4v) is 4.80. The van der Waals surface area contributed by atoms with Crippen LogP contribution in [-0.2, 0) is 4.79 Å². The quantitative estimate of drug-likeness (QED) is 0.875. The third kappa shape index (κ3) is 3.96. The molecule has 1 N–H and O–H groups in total. The van der Waals surface area contributed by atoms with E-state index < -0.39 is 5.97 Å². The number of carbonyl (C=O) groups excluding carboxylic acids is 1. The molecule has 2 fully saturated rings. The highest BCUT2D eigenvalue weighted by molar-refractivity contribution is 5.94. The summed E-state index contributed by atoms with van der Waals surface area (Å²) in [4.78, 5) is 29.8. The number of nitrogens with zero attached hydrogens (tertiary/aromatic N) is 3. The highest BCUT2D eigenvalue weighted by Gasteiger charge is 2.39. The van der Waals surface area contributed by atoms with Gasteiger partial charge in [0.05, 0.1) is 6.33 Å². The van der Waals surface area contributed by atoms with E-state index in [1.807, 2.05) is 39.9 Å². The second kappa shape index (κ2) is 7.78. The molecule has 2 aromatic rings. The van der Waals surface area contributed by atoms with Crippen LogP contribution in [0.4, 0.5) is 0 Å². The summed E-state index contributed by atoms with van der Waals surface area (Å²) in [6.45, 7) is 1.59. The van der Waals surface area contributed by atoms with Gasteiger partial charge in [0.1, 0.15) is 0 Å². The maximum atomic E-state index is 12.9. The molecule has 1 aromatic carbocycles. The number of likely N-dealkylation sites (tertiary alicyclic amines) is 1. The Morgan fingerprint density at radius 1 is 1.07 bits per heavy atom. The molecule has 0 atom stereocenters. The minimum atomic E-state index is -0.680.